The molecular weight excluding hydrogens is 208 g/mol. The van der Waals surface area contributed by atoms with E-state index in [9.17, 15) is 0 Å². The summed E-state index contributed by atoms with van der Waals surface area (Å²) in [6.07, 6.45) is 7.59. The zero-order valence-corrected chi connectivity index (χ0v) is 11.6. The maximum atomic E-state index is 4.94. The van der Waals surface area contributed by atoms with E-state index in [1.165, 1.54) is 37.1 Å². The molecule has 0 spiro atoms. The maximum absolute atomic E-state index is 4.94. The Kier molecular flexibility index (Phi) is 4.36. The van der Waals surface area contributed by atoms with Gasteiger partial charge in [0.1, 0.15) is 0 Å². The van der Waals surface area contributed by atoms with Crippen LogP contribution in [-0.4, -0.2) is 24.0 Å². The summed E-state index contributed by atoms with van der Waals surface area (Å²) < 4.78 is 0. The standard InChI is InChI=1S/C15H26N2/c1-4-11(12-7-8-12)9-13-10-16-14(5-2)15(6-3)17-13/h11-13H,4-10H2,1-3H3. The molecule has 2 aliphatic rings. The van der Waals surface area contributed by atoms with Crippen LogP contribution in [0.25, 0.3) is 0 Å². The third-order valence-corrected chi connectivity index (χ3v) is 4.22. The van der Waals surface area contributed by atoms with Gasteiger partial charge in [-0.05, 0) is 43.9 Å². The lowest BCUT2D eigenvalue weighted by atomic mass is 9.92. The first-order chi connectivity index (χ1) is 8.28. The average molecular weight is 234 g/mol. The summed E-state index contributed by atoms with van der Waals surface area (Å²) in [6.45, 7) is 7.65. The van der Waals surface area contributed by atoms with E-state index in [0.29, 0.717) is 6.04 Å². The molecule has 0 aromatic carbocycles. The molecule has 0 radical (unpaired) electrons. The van der Waals surface area contributed by atoms with Crippen molar-refractivity contribution in [2.45, 2.75) is 65.3 Å². The van der Waals surface area contributed by atoms with E-state index < -0.39 is 0 Å². The Balaban J connectivity index is 1.94. The molecule has 0 saturated heterocycles. The van der Waals surface area contributed by atoms with Crippen molar-refractivity contribution in [2.24, 2.45) is 21.8 Å². The summed E-state index contributed by atoms with van der Waals surface area (Å²) in [5.74, 6) is 1.91. The third-order valence-electron chi connectivity index (χ3n) is 4.22. The van der Waals surface area contributed by atoms with Gasteiger partial charge in [-0.2, -0.15) is 0 Å². The highest BCUT2D eigenvalue weighted by Crippen LogP contribution is 2.41. The number of aliphatic imine (C=N–C) groups is 2. The molecule has 1 aliphatic heterocycles. The lowest BCUT2D eigenvalue weighted by Crippen LogP contribution is -2.27. The van der Waals surface area contributed by atoms with Crippen LogP contribution >= 0.6 is 0 Å². The summed E-state index contributed by atoms with van der Waals surface area (Å²) in [6, 6.07) is 0.478. The average Bonchev–Trinajstić information content (AvgIpc) is 3.19. The van der Waals surface area contributed by atoms with Gasteiger partial charge in [-0.1, -0.05) is 27.2 Å². The molecule has 0 amide bonds. The smallest absolute Gasteiger partial charge is 0.0701 e. The molecule has 17 heavy (non-hydrogen) atoms. The molecule has 1 fully saturated rings. The van der Waals surface area contributed by atoms with Crippen LogP contribution in [0.4, 0.5) is 0 Å². The summed E-state index contributed by atoms with van der Waals surface area (Å²) in [7, 11) is 0. The quantitative estimate of drug-likeness (QED) is 0.666. The van der Waals surface area contributed by atoms with E-state index in [2.05, 4.69) is 20.8 Å². The van der Waals surface area contributed by atoms with Crippen molar-refractivity contribution in [1.82, 2.24) is 0 Å². The first-order valence-electron chi connectivity index (χ1n) is 7.38. The molecule has 1 saturated carbocycles. The Labute approximate surface area is 106 Å². The zero-order valence-electron chi connectivity index (χ0n) is 11.6. The van der Waals surface area contributed by atoms with Crippen molar-refractivity contribution in [1.29, 1.82) is 0 Å². The van der Waals surface area contributed by atoms with Crippen LogP contribution in [0.3, 0.4) is 0 Å². The van der Waals surface area contributed by atoms with Crippen molar-refractivity contribution >= 4 is 11.4 Å². The molecule has 1 heterocycles. The van der Waals surface area contributed by atoms with Crippen LogP contribution in [0.1, 0.15) is 59.3 Å². The number of hydrogen-bond acceptors (Lipinski definition) is 2. The fourth-order valence-electron chi connectivity index (χ4n) is 2.99. The van der Waals surface area contributed by atoms with E-state index in [1.807, 2.05) is 0 Å². The van der Waals surface area contributed by atoms with Crippen LogP contribution in [0, 0.1) is 11.8 Å². The number of hydrogen-bond donors (Lipinski definition) is 0. The molecule has 0 N–H and O–H groups in total. The van der Waals surface area contributed by atoms with Gasteiger partial charge in [0, 0.05) is 0 Å². The van der Waals surface area contributed by atoms with Crippen molar-refractivity contribution in [2.75, 3.05) is 6.54 Å². The second-order valence-corrected chi connectivity index (χ2v) is 5.47. The predicted molar refractivity (Wildman–Crippen MR) is 75.2 cm³/mol. The van der Waals surface area contributed by atoms with Crippen LogP contribution in [-0.2, 0) is 0 Å². The third kappa shape index (κ3) is 3.17. The highest BCUT2D eigenvalue weighted by molar-refractivity contribution is 6.42. The van der Waals surface area contributed by atoms with Crippen molar-refractivity contribution in [3.05, 3.63) is 0 Å². The zero-order chi connectivity index (χ0) is 12.3. The lowest BCUT2D eigenvalue weighted by Gasteiger charge is -2.23. The molecule has 0 aromatic rings. The van der Waals surface area contributed by atoms with Gasteiger partial charge in [0.15, 0.2) is 0 Å². The van der Waals surface area contributed by atoms with Gasteiger partial charge in [-0.3, -0.25) is 9.98 Å². The van der Waals surface area contributed by atoms with E-state index >= 15 is 0 Å². The molecule has 2 nitrogen and oxygen atoms in total. The highest BCUT2D eigenvalue weighted by Gasteiger charge is 2.32. The van der Waals surface area contributed by atoms with E-state index in [0.717, 1.165) is 31.2 Å². The SMILES string of the molecule is CCC1=NCC(CC(CC)C2CC2)N=C1CC. The Hall–Kier alpha value is -0.660. The maximum Gasteiger partial charge on any atom is 0.0701 e. The molecule has 0 aromatic heterocycles. The molecule has 2 atom stereocenters. The fraction of sp³-hybridized carbons (Fsp3) is 0.867. The second-order valence-electron chi connectivity index (χ2n) is 5.47. The lowest BCUT2D eigenvalue weighted by molar-refractivity contribution is 0.379. The molecule has 2 heteroatoms. The minimum Gasteiger partial charge on any atom is -0.286 e. The fourth-order valence-corrected chi connectivity index (χ4v) is 2.99. The van der Waals surface area contributed by atoms with Gasteiger partial charge >= 0.3 is 0 Å². The minimum atomic E-state index is 0.478. The minimum absolute atomic E-state index is 0.478. The Bertz CT molecular complexity index is 313. The van der Waals surface area contributed by atoms with Crippen molar-refractivity contribution in [3.63, 3.8) is 0 Å². The largest absolute Gasteiger partial charge is 0.286 e. The van der Waals surface area contributed by atoms with E-state index in [-0.39, 0.29) is 0 Å². The molecule has 96 valence electrons. The van der Waals surface area contributed by atoms with Gasteiger partial charge in [0.25, 0.3) is 0 Å². The summed E-state index contributed by atoms with van der Waals surface area (Å²) in [4.78, 5) is 9.67. The normalized spacial score (nSPS) is 26.4. The van der Waals surface area contributed by atoms with Crippen molar-refractivity contribution in [3.8, 4) is 0 Å². The number of nitrogens with zero attached hydrogens (tertiary/aromatic N) is 2. The summed E-state index contributed by atoms with van der Waals surface area (Å²) in [5.41, 5.74) is 2.53. The Morgan fingerprint density at radius 3 is 2.35 bits per heavy atom. The van der Waals surface area contributed by atoms with Gasteiger partial charge in [0.05, 0.1) is 24.0 Å². The molecular formula is C15H26N2. The second kappa shape index (κ2) is 5.79. The Morgan fingerprint density at radius 2 is 1.82 bits per heavy atom. The molecule has 2 rings (SSSR count). The monoisotopic (exact) mass is 234 g/mol. The topological polar surface area (TPSA) is 24.7 Å². The van der Waals surface area contributed by atoms with Gasteiger partial charge in [-0.15, -0.1) is 0 Å². The van der Waals surface area contributed by atoms with Crippen LogP contribution < -0.4 is 0 Å². The van der Waals surface area contributed by atoms with Gasteiger partial charge in [0.2, 0.25) is 0 Å². The van der Waals surface area contributed by atoms with Crippen molar-refractivity contribution < 1.29 is 0 Å². The van der Waals surface area contributed by atoms with Crippen LogP contribution in [0.5, 0.6) is 0 Å². The summed E-state index contributed by atoms with van der Waals surface area (Å²) in [5, 5.41) is 0. The first kappa shape index (κ1) is 12.8. The number of rotatable bonds is 6. The van der Waals surface area contributed by atoms with E-state index in [4.69, 9.17) is 9.98 Å². The van der Waals surface area contributed by atoms with Gasteiger partial charge in [-0.25, -0.2) is 0 Å². The molecule has 0 bridgehead atoms. The van der Waals surface area contributed by atoms with Crippen LogP contribution in [0.15, 0.2) is 9.98 Å². The highest BCUT2D eigenvalue weighted by atomic mass is 14.9. The van der Waals surface area contributed by atoms with E-state index in [1.54, 1.807) is 0 Å². The molecule has 2 unspecified atom stereocenters. The van der Waals surface area contributed by atoms with Gasteiger partial charge < -0.3 is 0 Å². The van der Waals surface area contributed by atoms with Crippen LogP contribution in [0.2, 0.25) is 0 Å². The predicted octanol–water partition coefficient (Wildman–Crippen LogP) is 3.90. The Morgan fingerprint density at radius 1 is 1.12 bits per heavy atom. The molecule has 1 aliphatic carbocycles. The summed E-state index contributed by atoms with van der Waals surface area (Å²) >= 11 is 0. The first-order valence-corrected chi connectivity index (χ1v) is 7.38.